The zero-order valence-corrected chi connectivity index (χ0v) is 24.8. The molecular weight excluding hydrogens is 540 g/mol. The summed E-state index contributed by atoms with van der Waals surface area (Å²) in [7, 11) is 0. The summed E-state index contributed by atoms with van der Waals surface area (Å²) in [4.78, 5) is 0. The zero-order valence-electron chi connectivity index (χ0n) is 24.8. The molecule has 0 atom stereocenters. The summed E-state index contributed by atoms with van der Waals surface area (Å²) in [6, 6.07) is 64.7. The normalized spacial score (nSPS) is 12.4. The summed E-state index contributed by atoms with van der Waals surface area (Å²) in [5, 5.41) is 2.55. The van der Waals surface area contributed by atoms with Crippen LogP contribution in [-0.2, 0) is 0 Å². The van der Waals surface area contributed by atoms with Gasteiger partial charge in [-0.05, 0) is 23.8 Å². The molecule has 1 nitrogen and oxygen atoms in total. The molecule has 0 saturated heterocycles. The molecule has 0 N–H and O–H groups in total. The van der Waals surface area contributed by atoms with Gasteiger partial charge in [-0.3, -0.25) is 0 Å². The maximum absolute atomic E-state index is 2.45. The molecule has 0 aliphatic carbocycles. The molecule has 8 aromatic rings. The van der Waals surface area contributed by atoms with Crippen molar-refractivity contribution in [3.63, 3.8) is 0 Å². The first-order valence-corrected chi connectivity index (χ1v) is 15.8. The Morgan fingerprint density at radius 2 is 0.733 bits per heavy atom. The fourth-order valence-electron chi connectivity index (χ4n) is 7.82. The minimum atomic E-state index is 0.111. The van der Waals surface area contributed by atoms with Crippen molar-refractivity contribution >= 4 is 68.0 Å². The van der Waals surface area contributed by atoms with Gasteiger partial charge in [0.15, 0.2) is 0 Å². The topological polar surface area (TPSA) is 4.93 Å². The molecule has 2 heterocycles. The van der Waals surface area contributed by atoms with E-state index >= 15 is 0 Å². The molecule has 0 spiro atoms. The SMILES string of the molecule is c1ccc(B2c3ccccc3B(c3ccccc3-c3ccccc3-n3c4ccccc4c4ccccc43)c3ccccc32)cc1. The van der Waals surface area contributed by atoms with E-state index in [1.807, 2.05) is 0 Å². The van der Waals surface area contributed by atoms with Gasteiger partial charge in [0.05, 0.1) is 16.7 Å². The molecule has 9 rings (SSSR count). The van der Waals surface area contributed by atoms with Gasteiger partial charge in [-0.15, -0.1) is 0 Å². The molecule has 0 saturated carbocycles. The zero-order chi connectivity index (χ0) is 29.7. The number of hydrogen-bond acceptors (Lipinski definition) is 0. The summed E-state index contributed by atoms with van der Waals surface area (Å²) < 4.78 is 2.45. The Bertz CT molecular complexity index is 2250. The van der Waals surface area contributed by atoms with E-state index < -0.39 is 0 Å². The van der Waals surface area contributed by atoms with Crippen LogP contribution in [0.15, 0.2) is 176 Å². The first-order chi connectivity index (χ1) is 22.4. The highest BCUT2D eigenvalue weighted by Crippen LogP contribution is 2.35. The van der Waals surface area contributed by atoms with Crippen LogP contribution in [0.3, 0.4) is 0 Å². The van der Waals surface area contributed by atoms with Crippen LogP contribution in [0.4, 0.5) is 0 Å². The summed E-state index contributed by atoms with van der Waals surface area (Å²) in [6.07, 6.45) is 0. The van der Waals surface area contributed by atoms with Gasteiger partial charge in [0, 0.05) is 16.3 Å². The minimum Gasteiger partial charge on any atom is -0.309 e. The quantitative estimate of drug-likeness (QED) is 0.237. The second-order valence-electron chi connectivity index (χ2n) is 12.0. The lowest BCUT2D eigenvalue weighted by Crippen LogP contribution is -2.75. The molecule has 0 radical (unpaired) electrons. The lowest BCUT2D eigenvalue weighted by atomic mass is 9.21. The summed E-state index contributed by atoms with van der Waals surface area (Å²) in [6.45, 7) is 0.312. The third kappa shape index (κ3) is 4.04. The molecule has 208 valence electrons. The van der Waals surface area contributed by atoms with Gasteiger partial charge in [-0.1, -0.05) is 191 Å². The van der Waals surface area contributed by atoms with Crippen LogP contribution < -0.4 is 32.8 Å². The monoisotopic (exact) mass is 569 g/mol. The first kappa shape index (κ1) is 25.9. The standard InChI is InChI=1S/C42H29B2N/c1-2-16-30(17-3-1)43-36-23-9-11-25-38(36)44(39-26-12-10-24-37(39)43)35-22-8-4-18-31(35)32-19-5-13-27-40(32)45-41-28-14-6-20-33(41)34-21-7-15-29-42(34)45/h1-29H. The fraction of sp³-hybridized carbons (Fsp3) is 0. The fourth-order valence-corrected chi connectivity index (χ4v) is 7.82. The predicted molar refractivity (Wildman–Crippen MR) is 195 cm³/mol. The molecule has 0 amide bonds. The summed E-state index contributed by atoms with van der Waals surface area (Å²) >= 11 is 0. The van der Waals surface area contributed by atoms with E-state index in [4.69, 9.17) is 0 Å². The van der Waals surface area contributed by atoms with Crippen molar-refractivity contribution in [2.75, 3.05) is 0 Å². The van der Waals surface area contributed by atoms with Crippen molar-refractivity contribution in [2.24, 2.45) is 0 Å². The van der Waals surface area contributed by atoms with Gasteiger partial charge < -0.3 is 4.57 Å². The molecule has 0 unspecified atom stereocenters. The maximum Gasteiger partial charge on any atom is 0.240 e. The van der Waals surface area contributed by atoms with E-state index in [1.54, 1.807) is 0 Å². The largest absolute Gasteiger partial charge is 0.309 e. The van der Waals surface area contributed by atoms with Gasteiger partial charge >= 0.3 is 0 Å². The number of benzene rings is 7. The van der Waals surface area contributed by atoms with E-state index in [2.05, 4.69) is 180 Å². The van der Waals surface area contributed by atoms with Crippen LogP contribution in [0.1, 0.15) is 0 Å². The Hall–Kier alpha value is -5.53. The number of para-hydroxylation sites is 3. The van der Waals surface area contributed by atoms with Crippen molar-refractivity contribution < 1.29 is 0 Å². The van der Waals surface area contributed by atoms with E-state index in [0.717, 1.165) is 0 Å². The molecule has 7 aromatic carbocycles. The highest BCUT2D eigenvalue weighted by Gasteiger charge is 2.39. The van der Waals surface area contributed by atoms with Gasteiger partial charge in [0.25, 0.3) is 0 Å². The molecule has 1 aliphatic rings. The van der Waals surface area contributed by atoms with Gasteiger partial charge in [0.2, 0.25) is 13.4 Å². The highest BCUT2D eigenvalue weighted by atomic mass is 15.0. The third-order valence-corrected chi connectivity index (χ3v) is 9.66. The second kappa shape index (κ2) is 10.6. The smallest absolute Gasteiger partial charge is 0.240 e. The van der Waals surface area contributed by atoms with Crippen LogP contribution in [0.2, 0.25) is 0 Å². The minimum absolute atomic E-state index is 0.111. The van der Waals surface area contributed by atoms with Crippen molar-refractivity contribution in [1.82, 2.24) is 4.57 Å². The molecule has 45 heavy (non-hydrogen) atoms. The van der Waals surface area contributed by atoms with E-state index in [1.165, 1.54) is 71.4 Å². The Morgan fingerprint density at radius 3 is 1.33 bits per heavy atom. The highest BCUT2D eigenvalue weighted by molar-refractivity contribution is 7.11. The van der Waals surface area contributed by atoms with Crippen molar-refractivity contribution in [1.29, 1.82) is 0 Å². The predicted octanol–water partition coefficient (Wildman–Crippen LogP) is 5.80. The van der Waals surface area contributed by atoms with Crippen LogP contribution in [0, 0.1) is 0 Å². The molecule has 1 aromatic heterocycles. The lowest BCUT2D eigenvalue weighted by Gasteiger charge is -2.33. The van der Waals surface area contributed by atoms with Gasteiger partial charge in [-0.2, -0.15) is 0 Å². The Kier molecular flexibility index (Phi) is 6.09. The number of nitrogens with zero attached hydrogens (tertiary/aromatic N) is 1. The lowest BCUT2D eigenvalue weighted by molar-refractivity contribution is 1.18. The number of fused-ring (bicyclic) bond motifs is 5. The molecule has 3 heteroatoms. The number of aromatic nitrogens is 1. The Balaban J connectivity index is 1.30. The third-order valence-electron chi connectivity index (χ3n) is 9.66. The maximum atomic E-state index is 2.45. The Morgan fingerprint density at radius 1 is 0.311 bits per heavy atom. The van der Waals surface area contributed by atoms with Crippen LogP contribution in [0.5, 0.6) is 0 Å². The Labute approximate surface area is 264 Å². The van der Waals surface area contributed by atoms with Crippen molar-refractivity contribution in [3.05, 3.63) is 176 Å². The van der Waals surface area contributed by atoms with E-state index in [0.29, 0.717) is 0 Å². The molecular formula is C42H29B2N. The summed E-state index contributed by atoms with van der Waals surface area (Å²) in [5.74, 6) is 0. The number of rotatable bonds is 4. The van der Waals surface area contributed by atoms with E-state index in [9.17, 15) is 0 Å². The molecule has 1 aliphatic heterocycles. The van der Waals surface area contributed by atoms with Crippen LogP contribution >= 0.6 is 0 Å². The number of hydrogen-bond donors (Lipinski definition) is 0. The van der Waals surface area contributed by atoms with Crippen LogP contribution in [0.25, 0.3) is 38.6 Å². The second-order valence-corrected chi connectivity index (χ2v) is 12.0. The van der Waals surface area contributed by atoms with Gasteiger partial charge in [-0.25, -0.2) is 0 Å². The van der Waals surface area contributed by atoms with Crippen LogP contribution in [-0.4, -0.2) is 18.0 Å². The molecule has 0 fully saturated rings. The van der Waals surface area contributed by atoms with E-state index in [-0.39, 0.29) is 13.4 Å². The first-order valence-electron chi connectivity index (χ1n) is 15.8. The van der Waals surface area contributed by atoms with Crippen molar-refractivity contribution in [3.8, 4) is 16.8 Å². The average Bonchev–Trinajstić information content (AvgIpc) is 3.45. The summed E-state index contributed by atoms with van der Waals surface area (Å²) in [5.41, 5.74) is 14.3. The van der Waals surface area contributed by atoms with Crippen molar-refractivity contribution in [2.45, 2.75) is 0 Å². The van der Waals surface area contributed by atoms with Gasteiger partial charge in [0.1, 0.15) is 0 Å². The average molecular weight is 569 g/mol. The molecule has 0 bridgehead atoms.